The molecule has 2 aliphatic rings. The summed E-state index contributed by atoms with van der Waals surface area (Å²) < 4.78 is 0. The van der Waals surface area contributed by atoms with Crippen LogP contribution in [0.5, 0.6) is 0 Å². The Morgan fingerprint density at radius 1 is 1.25 bits per heavy atom. The zero-order valence-corrected chi connectivity index (χ0v) is 11.6. The van der Waals surface area contributed by atoms with Crippen LogP contribution in [0.1, 0.15) is 23.7 Å². The summed E-state index contributed by atoms with van der Waals surface area (Å²) in [6, 6.07) is 9.09. The molecule has 1 aromatic heterocycles. The molecule has 102 valence electrons. The van der Waals surface area contributed by atoms with Crippen molar-refractivity contribution in [1.29, 1.82) is 0 Å². The number of para-hydroxylation sites is 1. The van der Waals surface area contributed by atoms with Crippen LogP contribution in [0, 0.1) is 0 Å². The molecule has 0 aliphatic carbocycles. The number of anilines is 2. The zero-order chi connectivity index (χ0) is 13.5. The fourth-order valence-corrected chi connectivity index (χ4v) is 3.35. The highest BCUT2D eigenvalue weighted by atomic mass is 15.2. The van der Waals surface area contributed by atoms with E-state index in [0.29, 0.717) is 6.04 Å². The van der Waals surface area contributed by atoms with E-state index in [2.05, 4.69) is 51.4 Å². The Morgan fingerprint density at radius 3 is 3.10 bits per heavy atom. The van der Waals surface area contributed by atoms with E-state index in [1.54, 1.807) is 6.33 Å². The summed E-state index contributed by atoms with van der Waals surface area (Å²) in [7, 11) is 0. The molecule has 0 amide bonds. The largest absolute Gasteiger partial charge is 0.323 e. The van der Waals surface area contributed by atoms with Gasteiger partial charge in [-0.3, -0.25) is 0 Å². The molecule has 20 heavy (non-hydrogen) atoms. The minimum absolute atomic E-state index is 0.452. The molecule has 2 aromatic rings. The highest BCUT2D eigenvalue weighted by Crippen LogP contribution is 2.39. The Hall–Kier alpha value is -1.94. The van der Waals surface area contributed by atoms with E-state index in [1.165, 1.54) is 22.5 Å². The summed E-state index contributed by atoms with van der Waals surface area (Å²) in [5.74, 6) is 1.08. The average Bonchev–Trinajstić information content (AvgIpc) is 2.82. The van der Waals surface area contributed by atoms with Crippen molar-refractivity contribution in [3.63, 3.8) is 0 Å². The van der Waals surface area contributed by atoms with Gasteiger partial charge in [0.25, 0.3) is 0 Å². The van der Waals surface area contributed by atoms with Crippen molar-refractivity contribution in [2.24, 2.45) is 0 Å². The first kappa shape index (κ1) is 11.9. The highest BCUT2D eigenvalue weighted by molar-refractivity contribution is 5.71. The molecule has 4 nitrogen and oxygen atoms in total. The predicted molar refractivity (Wildman–Crippen MR) is 79.2 cm³/mol. The number of aromatic nitrogens is 2. The van der Waals surface area contributed by atoms with E-state index in [9.17, 15) is 0 Å². The molecule has 3 heterocycles. The van der Waals surface area contributed by atoms with Crippen LogP contribution in [0.25, 0.3) is 0 Å². The Labute approximate surface area is 118 Å². The van der Waals surface area contributed by atoms with Crippen molar-refractivity contribution in [2.75, 3.05) is 11.4 Å². The van der Waals surface area contributed by atoms with E-state index < -0.39 is 0 Å². The first-order chi connectivity index (χ1) is 9.84. The van der Waals surface area contributed by atoms with Gasteiger partial charge >= 0.3 is 0 Å². The summed E-state index contributed by atoms with van der Waals surface area (Å²) in [6.07, 6.45) is 3.80. The van der Waals surface area contributed by atoms with E-state index in [1.807, 2.05) is 0 Å². The minimum Gasteiger partial charge on any atom is -0.323 e. The molecule has 1 atom stereocenters. The number of rotatable bonds is 1. The van der Waals surface area contributed by atoms with E-state index in [4.69, 9.17) is 0 Å². The van der Waals surface area contributed by atoms with Gasteiger partial charge in [0.05, 0.1) is 5.69 Å². The first-order valence-corrected chi connectivity index (χ1v) is 7.25. The van der Waals surface area contributed by atoms with Crippen LogP contribution < -0.4 is 10.2 Å². The summed E-state index contributed by atoms with van der Waals surface area (Å²) in [5, 5.41) is 3.44. The van der Waals surface area contributed by atoms with Crippen LogP contribution in [-0.4, -0.2) is 22.6 Å². The Morgan fingerprint density at radius 2 is 2.15 bits per heavy atom. The van der Waals surface area contributed by atoms with Gasteiger partial charge in [-0.05, 0) is 25.0 Å². The first-order valence-electron chi connectivity index (χ1n) is 7.25. The molecule has 0 radical (unpaired) electrons. The predicted octanol–water partition coefficient (Wildman–Crippen LogP) is 2.21. The molecule has 0 saturated heterocycles. The van der Waals surface area contributed by atoms with Gasteiger partial charge < -0.3 is 10.2 Å². The van der Waals surface area contributed by atoms with Gasteiger partial charge in [0, 0.05) is 36.8 Å². The van der Waals surface area contributed by atoms with Gasteiger partial charge in [0.2, 0.25) is 0 Å². The van der Waals surface area contributed by atoms with Gasteiger partial charge in [-0.25, -0.2) is 9.97 Å². The molecule has 4 rings (SSSR count). The van der Waals surface area contributed by atoms with Crippen LogP contribution in [-0.2, 0) is 19.4 Å². The van der Waals surface area contributed by atoms with Gasteiger partial charge in [-0.15, -0.1) is 0 Å². The van der Waals surface area contributed by atoms with Crippen molar-refractivity contribution >= 4 is 11.5 Å². The Kier molecular flexibility index (Phi) is 2.70. The lowest BCUT2D eigenvalue weighted by Crippen LogP contribution is -2.31. The smallest absolute Gasteiger partial charge is 0.141 e. The number of fused-ring (bicyclic) bond motifs is 2. The second-order valence-electron chi connectivity index (χ2n) is 5.60. The fourth-order valence-electron chi connectivity index (χ4n) is 3.35. The van der Waals surface area contributed by atoms with E-state index in [0.717, 1.165) is 31.7 Å². The Bertz CT molecular complexity index is 653. The third-order valence-corrected chi connectivity index (χ3v) is 4.29. The average molecular weight is 266 g/mol. The van der Waals surface area contributed by atoms with Gasteiger partial charge in [-0.1, -0.05) is 18.2 Å². The van der Waals surface area contributed by atoms with E-state index in [-0.39, 0.29) is 0 Å². The molecule has 0 spiro atoms. The quantitative estimate of drug-likeness (QED) is 0.859. The molecular weight excluding hydrogens is 248 g/mol. The third kappa shape index (κ3) is 1.72. The standard InChI is InChI=1S/C16H18N4/c1-11-8-12-4-2-3-5-15(12)20(11)16-13-9-17-7-6-14(13)18-10-19-16/h2-5,10-11,17H,6-9H2,1H3. The van der Waals surface area contributed by atoms with Crippen molar-refractivity contribution < 1.29 is 0 Å². The fraction of sp³-hybridized carbons (Fsp3) is 0.375. The van der Waals surface area contributed by atoms with Gasteiger partial charge in [-0.2, -0.15) is 0 Å². The molecule has 1 unspecified atom stereocenters. The maximum absolute atomic E-state index is 4.60. The molecule has 1 aromatic carbocycles. The van der Waals surface area contributed by atoms with Crippen molar-refractivity contribution in [3.8, 4) is 0 Å². The van der Waals surface area contributed by atoms with E-state index >= 15 is 0 Å². The lowest BCUT2D eigenvalue weighted by atomic mass is 10.1. The Balaban J connectivity index is 1.86. The lowest BCUT2D eigenvalue weighted by Gasteiger charge is -2.28. The monoisotopic (exact) mass is 266 g/mol. The van der Waals surface area contributed by atoms with Crippen LogP contribution >= 0.6 is 0 Å². The highest BCUT2D eigenvalue weighted by Gasteiger charge is 2.30. The van der Waals surface area contributed by atoms with Crippen molar-refractivity contribution in [3.05, 3.63) is 47.4 Å². The number of hydrogen-bond acceptors (Lipinski definition) is 4. The molecular formula is C16H18N4. The van der Waals surface area contributed by atoms with Gasteiger partial charge in [0.15, 0.2) is 0 Å². The molecule has 1 N–H and O–H groups in total. The lowest BCUT2D eigenvalue weighted by molar-refractivity contribution is 0.620. The number of nitrogens with zero attached hydrogens (tertiary/aromatic N) is 3. The summed E-state index contributed by atoms with van der Waals surface area (Å²) in [5.41, 5.74) is 5.18. The maximum Gasteiger partial charge on any atom is 0.141 e. The van der Waals surface area contributed by atoms with Crippen LogP contribution in [0.2, 0.25) is 0 Å². The second kappa shape index (κ2) is 4.56. The molecule has 2 aliphatic heterocycles. The number of nitrogens with one attached hydrogen (secondary N) is 1. The van der Waals surface area contributed by atoms with Gasteiger partial charge in [0.1, 0.15) is 12.1 Å². The maximum atomic E-state index is 4.60. The number of hydrogen-bond donors (Lipinski definition) is 1. The van der Waals surface area contributed by atoms with Crippen LogP contribution in [0.3, 0.4) is 0 Å². The minimum atomic E-state index is 0.452. The topological polar surface area (TPSA) is 41.1 Å². The van der Waals surface area contributed by atoms with Crippen LogP contribution in [0.15, 0.2) is 30.6 Å². The SMILES string of the molecule is CC1Cc2ccccc2N1c1ncnc2c1CNCC2. The second-order valence-corrected chi connectivity index (χ2v) is 5.60. The van der Waals surface area contributed by atoms with Crippen molar-refractivity contribution in [1.82, 2.24) is 15.3 Å². The third-order valence-electron chi connectivity index (χ3n) is 4.29. The summed E-state index contributed by atoms with van der Waals surface area (Å²) >= 11 is 0. The number of benzene rings is 1. The summed E-state index contributed by atoms with van der Waals surface area (Å²) in [6.45, 7) is 4.15. The van der Waals surface area contributed by atoms with Crippen molar-refractivity contribution in [2.45, 2.75) is 32.4 Å². The molecule has 4 heteroatoms. The zero-order valence-electron chi connectivity index (χ0n) is 11.6. The normalized spacial score (nSPS) is 20.6. The molecule has 0 saturated carbocycles. The molecule has 0 bridgehead atoms. The van der Waals surface area contributed by atoms with Crippen LogP contribution in [0.4, 0.5) is 11.5 Å². The molecule has 0 fully saturated rings. The summed E-state index contributed by atoms with van der Waals surface area (Å²) in [4.78, 5) is 11.4.